The summed E-state index contributed by atoms with van der Waals surface area (Å²) < 4.78 is 0. The second-order valence-electron chi connectivity index (χ2n) is 5.97. The lowest BCUT2D eigenvalue weighted by Crippen LogP contribution is -2.27. The molecule has 0 fully saturated rings. The summed E-state index contributed by atoms with van der Waals surface area (Å²) in [5, 5.41) is 0. The van der Waals surface area contributed by atoms with Gasteiger partial charge < -0.3 is 0 Å². The van der Waals surface area contributed by atoms with Gasteiger partial charge in [0.25, 0.3) is 0 Å². The number of Topliss-reactive ketones (excluding diaryl/α,β-unsaturated/α-hetero) is 2. The topological polar surface area (TPSA) is 52.6 Å². The van der Waals surface area contributed by atoms with Crippen LogP contribution in [-0.4, -0.2) is 22.8 Å². The van der Waals surface area contributed by atoms with Crippen molar-refractivity contribution < 1.29 is 19.4 Å². The third-order valence-electron chi connectivity index (χ3n) is 1.04. The van der Waals surface area contributed by atoms with Crippen molar-refractivity contribution in [3.63, 3.8) is 0 Å². The number of carbonyl (C=O) groups excluding carboxylic acids is 2. The molecule has 0 aromatic heterocycles. The van der Waals surface area contributed by atoms with Crippen molar-refractivity contribution in [3.05, 3.63) is 0 Å². The lowest BCUT2D eigenvalue weighted by molar-refractivity contribution is -0.393. The minimum Gasteiger partial charge on any atom is -0.300 e. The Morgan fingerprint density at radius 1 is 0.765 bits per heavy atom. The zero-order valence-corrected chi connectivity index (χ0v) is 12.3. The van der Waals surface area contributed by atoms with Gasteiger partial charge in [0.15, 0.2) is 0 Å². The molecule has 0 atom stereocenters. The first-order valence-corrected chi connectivity index (χ1v) is 5.69. The lowest BCUT2D eigenvalue weighted by Gasteiger charge is -2.24. The number of ketones is 2. The van der Waals surface area contributed by atoms with E-state index in [1.807, 2.05) is 41.5 Å². The summed E-state index contributed by atoms with van der Waals surface area (Å²) in [6.45, 7) is 14.6. The molecular weight excluding hydrogens is 220 g/mol. The largest absolute Gasteiger partial charge is 0.300 e. The number of hydrogen-bond donors (Lipinski definition) is 0. The molecule has 17 heavy (non-hydrogen) atoms. The fourth-order valence-corrected chi connectivity index (χ4v) is 0.601. The van der Waals surface area contributed by atoms with E-state index in [0.29, 0.717) is 0 Å². The van der Waals surface area contributed by atoms with E-state index in [2.05, 4.69) is 0 Å². The van der Waals surface area contributed by atoms with Crippen molar-refractivity contribution in [1.29, 1.82) is 0 Å². The molecule has 0 aromatic carbocycles. The maximum atomic E-state index is 10.0. The van der Waals surface area contributed by atoms with Gasteiger partial charge in [0, 0.05) is 0 Å². The smallest absolute Gasteiger partial charge is 0.137 e. The van der Waals surface area contributed by atoms with Crippen LogP contribution in [0, 0.1) is 0 Å². The Balaban J connectivity index is 0. The quantitative estimate of drug-likeness (QED) is 0.436. The molecule has 0 saturated heterocycles. The van der Waals surface area contributed by atoms with Crippen LogP contribution in [0.1, 0.15) is 61.8 Å². The first-order chi connectivity index (χ1) is 7.33. The fourth-order valence-electron chi connectivity index (χ4n) is 0.601. The van der Waals surface area contributed by atoms with Crippen LogP contribution in [0.3, 0.4) is 0 Å². The molecule has 4 heteroatoms. The minimum absolute atomic E-state index is 0.0625. The summed E-state index contributed by atoms with van der Waals surface area (Å²) in [6, 6.07) is 0. The Morgan fingerprint density at radius 2 is 1.00 bits per heavy atom. The van der Waals surface area contributed by atoms with Crippen LogP contribution >= 0.6 is 0 Å². The van der Waals surface area contributed by atoms with E-state index >= 15 is 0 Å². The van der Waals surface area contributed by atoms with Gasteiger partial charge >= 0.3 is 0 Å². The normalized spacial score (nSPS) is 11.5. The molecule has 0 aliphatic rings. The SMILES string of the molecule is CC(=O)CC(C)=O.CC(C)(C)OOC(C)(C)C. The van der Waals surface area contributed by atoms with E-state index in [1.54, 1.807) is 0 Å². The van der Waals surface area contributed by atoms with Gasteiger partial charge in [-0.1, -0.05) is 0 Å². The van der Waals surface area contributed by atoms with E-state index in [1.165, 1.54) is 13.8 Å². The summed E-state index contributed by atoms with van der Waals surface area (Å²) in [4.78, 5) is 30.3. The predicted molar refractivity (Wildman–Crippen MR) is 67.7 cm³/mol. The Kier molecular flexibility index (Phi) is 8.28. The highest BCUT2D eigenvalue weighted by atomic mass is 17.2. The summed E-state index contributed by atoms with van der Waals surface area (Å²) in [6.07, 6.45) is 0.0833. The molecule has 0 N–H and O–H groups in total. The van der Waals surface area contributed by atoms with E-state index in [9.17, 15) is 9.59 Å². The van der Waals surface area contributed by atoms with E-state index in [-0.39, 0.29) is 29.2 Å². The summed E-state index contributed by atoms with van der Waals surface area (Å²) in [5.74, 6) is -0.125. The third-order valence-corrected chi connectivity index (χ3v) is 1.04. The van der Waals surface area contributed by atoms with Crippen LogP contribution in [0.4, 0.5) is 0 Å². The number of hydrogen-bond acceptors (Lipinski definition) is 4. The second kappa shape index (κ2) is 7.56. The Hall–Kier alpha value is -0.740. The third kappa shape index (κ3) is 25.5. The van der Waals surface area contributed by atoms with Crippen molar-refractivity contribution in [2.24, 2.45) is 0 Å². The summed E-state index contributed by atoms with van der Waals surface area (Å²) in [7, 11) is 0. The summed E-state index contributed by atoms with van der Waals surface area (Å²) >= 11 is 0. The molecule has 0 rings (SSSR count). The molecule has 0 radical (unpaired) electrons. The molecule has 0 amide bonds. The molecule has 0 spiro atoms. The maximum absolute atomic E-state index is 10.0. The second-order valence-corrected chi connectivity index (χ2v) is 5.97. The highest BCUT2D eigenvalue weighted by molar-refractivity contribution is 5.96. The zero-order valence-electron chi connectivity index (χ0n) is 12.3. The van der Waals surface area contributed by atoms with Gasteiger partial charge in [-0.3, -0.25) is 9.59 Å². The van der Waals surface area contributed by atoms with Crippen LogP contribution in [-0.2, 0) is 19.4 Å². The van der Waals surface area contributed by atoms with Gasteiger partial charge in [0.1, 0.15) is 11.6 Å². The molecule has 0 aliphatic carbocycles. The monoisotopic (exact) mass is 246 g/mol. The average molecular weight is 246 g/mol. The lowest BCUT2D eigenvalue weighted by atomic mass is 10.2. The van der Waals surface area contributed by atoms with Crippen LogP contribution in [0.2, 0.25) is 0 Å². The van der Waals surface area contributed by atoms with Crippen molar-refractivity contribution >= 4 is 11.6 Å². The zero-order chi connectivity index (χ0) is 14.3. The van der Waals surface area contributed by atoms with Crippen molar-refractivity contribution in [2.45, 2.75) is 73.0 Å². The molecule has 0 unspecified atom stereocenters. The Bertz CT molecular complexity index is 217. The average Bonchev–Trinajstić information content (AvgIpc) is 1.96. The highest BCUT2D eigenvalue weighted by Crippen LogP contribution is 2.14. The fraction of sp³-hybridized carbons (Fsp3) is 0.846. The van der Waals surface area contributed by atoms with E-state index in [0.717, 1.165) is 0 Å². The molecule has 0 heterocycles. The molecule has 0 bridgehead atoms. The molecule has 0 aliphatic heterocycles. The van der Waals surface area contributed by atoms with Gasteiger partial charge in [-0.15, -0.1) is 0 Å². The maximum Gasteiger partial charge on any atom is 0.137 e. The van der Waals surface area contributed by atoms with Crippen LogP contribution in [0.5, 0.6) is 0 Å². The molecule has 4 nitrogen and oxygen atoms in total. The first-order valence-electron chi connectivity index (χ1n) is 5.69. The summed E-state index contributed by atoms with van der Waals surface area (Å²) in [5.41, 5.74) is -0.430. The predicted octanol–water partition coefficient (Wildman–Crippen LogP) is 3.09. The minimum atomic E-state index is -0.215. The molecule has 0 saturated carbocycles. The van der Waals surface area contributed by atoms with Gasteiger partial charge in [0.2, 0.25) is 0 Å². The number of rotatable bonds is 3. The number of carbonyl (C=O) groups is 2. The molecular formula is C13H26O4. The van der Waals surface area contributed by atoms with Crippen LogP contribution in [0.15, 0.2) is 0 Å². The van der Waals surface area contributed by atoms with Crippen molar-refractivity contribution in [3.8, 4) is 0 Å². The Labute approximate surface area is 105 Å². The highest BCUT2D eigenvalue weighted by Gasteiger charge is 2.18. The van der Waals surface area contributed by atoms with Gasteiger partial charge in [-0.25, -0.2) is 9.78 Å². The first kappa shape index (κ1) is 18.6. The van der Waals surface area contributed by atoms with Gasteiger partial charge in [0.05, 0.1) is 17.6 Å². The Morgan fingerprint density at radius 3 is 1.06 bits per heavy atom. The van der Waals surface area contributed by atoms with Crippen LogP contribution in [0.25, 0.3) is 0 Å². The van der Waals surface area contributed by atoms with Gasteiger partial charge in [-0.05, 0) is 55.4 Å². The van der Waals surface area contributed by atoms with E-state index < -0.39 is 0 Å². The van der Waals surface area contributed by atoms with Gasteiger partial charge in [-0.2, -0.15) is 0 Å². The van der Waals surface area contributed by atoms with Crippen LogP contribution < -0.4 is 0 Å². The molecule has 102 valence electrons. The standard InChI is InChI=1S/C8H18O2.C5H8O2/c1-7(2,3)9-10-8(4,5)6;1-4(6)3-5(2)7/h1-6H3;3H2,1-2H3. The van der Waals surface area contributed by atoms with Crippen molar-refractivity contribution in [1.82, 2.24) is 0 Å². The molecule has 0 aromatic rings. The van der Waals surface area contributed by atoms with Crippen molar-refractivity contribution in [2.75, 3.05) is 0 Å². The van der Waals surface area contributed by atoms with E-state index in [4.69, 9.17) is 9.78 Å².